The molecule has 0 aliphatic heterocycles. The largest absolute Gasteiger partial charge is 0.228 e. The second kappa shape index (κ2) is 11.5. The van der Waals surface area contributed by atoms with Gasteiger partial charge in [-0.3, -0.25) is 0 Å². The molecule has 1 aromatic heterocycles. The molecular weight excluding hydrogens is 605 g/mol. The van der Waals surface area contributed by atoms with Gasteiger partial charge in [-0.05, 0) is 78.5 Å². The Labute approximate surface area is 291 Å². The lowest BCUT2D eigenvalue weighted by Crippen LogP contribution is -1.96. The van der Waals surface area contributed by atoms with Crippen molar-refractivity contribution in [3.05, 3.63) is 182 Å². The summed E-state index contributed by atoms with van der Waals surface area (Å²) in [6, 6.07) is 65.0. The molecule has 0 saturated heterocycles. The predicted molar refractivity (Wildman–Crippen MR) is 209 cm³/mol. The Bertz CT molecular complexity index is 2710. The quantitative estimate of drug-likeness (QED) is 0.188. The van der Waals surface area contributed by atoms with Crippen LogP contribution in [0.25, 0.3) is 100.0 Å². The van der Waals surface area contributed by atoms with E-state index in [0.717, 1.165) is 39.1 Å². The number of hydrogen-bond donors (Lipinski definition) is 0. The summed E-state index contributed by atoms with van der Waals surface area (Å²) in [5.41, 5.74) is 16.4. The van der Waals surface area contributed by atoms with Crippen LogP contribution in [0, 0.1) is 0 Å². The molecule has 0 saturated carbocycles. The zero-order valence-corrected chi connectivity index (χ0v) is 27.2. The molecule has 0 atom stereocenters. The molecule has 232 valence electrons. The molecule has 0 amide bonds. The lowest BCUT2D eigenvalue weighted by atomic mass is 9.82. The Balaban J connectivity index is 1.21. The monoisotopic (exact) mass is 634 g/mol. The van der Waals surface area contributed by atoms with E-state index in [2.05, 4.69) is 170 Å². The van der Waals surface area contributed by atoms with Crippen molar-refractivity contribution in [3.8, 4) is 78.3 Å². The van der Waals surface area contributed by atoms with Crippen LogP contribution in [-0.2, 0) is 0 Å². The molecule has 2 heteroatoms. The van der Waals surface area contributed by atoms with Gasteiger partial charge in [0.05, 0.1) is 11.2 Å². The first-order chi connectivity index (χ1) is 24.8. The molecule has 1 aliphatic rings. The van der Waals surface area contributed by atoms with E-state index in [1.165, 1.54) is 60.8 Å². The fourth-order valence-electron chi connectivity index (χ4n) is 7.79. The van der Waals surface area contributed by atoms with Gasteiger partial charge in [-0.2, -0.15) is 0 Å². The first-order valence-electron chi connectivity index (χ1n) is 17.1. The number of hydrogen-bond acceptors (Lipinski definition) is 2. The molecule has 0 fully saturated rings. The third-order valence-electron chi connectivity index (χ3n) is 10.0. The molecule has 0 radical (unpaired) electrons. The molecule has 9 aromatic rings. The summed E-state index contributed by atoms with van der Waals surface area (Å²) in [5.74, 6) is 0.721. The van der Waals surface area contributed by atoms with Crippen molar-refractivity contribution >= 4 is 21.7 Å². The fourth-order valence-corrected chi connectivity index (χ4v) is 7.79. The molecule has 0 N–H and O–H groups in total. The normalized spacial score (nSPS) is 11.6. The molecule has 1 aliphatic carbocycles. The summed E-state index contributed by atoms with van der Waals surface area (Å²) < 4.78 is 0. The van der Waals surface area contributed by atoms with Crippen molar-refractivity contribution < 1.29 is 0 Å². The van der Waals surface area contributed by atoms with E-state index >= 15 is 0 Å². The predicted octanol–water partition coefficient (Wildman–Crippen LogP) is 12.8. The first kappa shape index (κ1) is 28.4. The number of para-hydroxylation sites is 1. The van der Waals surface area contributed by atoms with Crippen LogP contribution in [0.1, 0.15) is 0 Å². The number of aromatic nitrogens is 2. The lowest BCUT2D eigenvalue weighted by molar-refractivity contribution is 1.23. The highest BCUT2D eigenvalue weighted by atomic mass is 14.9. The summed E-state index contributed by atoms with van der Waals surface area (Å²) in [4.78, 5) is 10.2. The van der Waals surface area contributed by atoms with E-state index in [9.17, 15) is 0 Å². The maximum atomic E-state index is 5.14. The Kier molecular flexibility index (Phi) is 6.53. The van der Waals surface area contributed by atoms with Crippen LogP contribution < -0.4 is 0 Å². The molecule has 1 heterocycles. The van der Waals surface area contributed by atoms with Gasteiger partial charge in [-0.25, -0.2) is 9.97 Å². The summed E-state index contributed by atoms with van der Waals surface area (Å²) in [7, 11) is 0. The molecule has 0 spiro atoms. The Morgan fingerprint density at radius 1 is 0.320 bits per heavy atom. The fraction of sp³-hybridized carbons (Fsp3) is 0. The molecule has 0 bridgehead atoms. The minimum atomic E-state index is 0.721. The number of rotatable bonds is 5. The third-order valence-corrected chi connectivity index (χ3v) is 10.0. The molecule has 8 aromatic carbocycles. The highest BCUT2D eigenvalue weighted by Crippen LogP contribution is 2.57. The summed E-state index contributed by atoms with van der Waals surface area (Å²) >= 11 is 0. The van der Waals surface area contributed by atoms with Crippen LogP contribution in [0.3, 0.4) is 0 Å². The third kappa shape index (κ3) is 4.50. The van der Waals surface area contributed by atoms with E-state index in [1.54, 1.807) is 0 Å². The van der Waals surface area contributed by atoms with Crippen molar-refractivity contribution in [3.63, 3.8) is 0 Å². The Hall–Kier alpha value is -6.64. The first-order valence-corrected chi connectivity index (χ1v) is 17.1. The minimum absolute atomic E-state index is 0.721. The zero-order chi connectivity index (χ0) is 33.0. The van der Waals surface area contributed by atoms with E-state index in [0.29, 0.717) is 0 Å². The maximum absolute atomic E-state index is 5.14. The van der Waals surface area contributed by atoms with Crippen LogP contribution in [0.15, 0.2) is 182 Å². The van der Waals surface area contributed by atoms with Crippen LogP contribution in [-0.4, -0.2) is 9.97 Å². The minimum Gasteiger partial charge on any atom is -0.228 e. The number of fused-ring (bicyclic) bond motifs is 4. The second-order valence-corrected chi connectivity index (χ2v) is 12.9. The summed E-state index contributed by atoms with van der Waals surface area (Å²) in [6.07, 6.45) is 0. The van der Waals surface area contributed by atoms with Gasteiger partial charge >= 0.3 is 0 Å². The van der Waals surface area contributed by atoms with Crippen LogP contribution >= 0.6 is 0 Å². The number of nitrogens with zero attached hydrogens (tertiary/aromatic N) is 2. The van der Waals surface area contributed by atoms with Gasteiger partial charge in [0, 0.05) is 16.5 Å². The average Bonchev–Trinajstić information content (AvgIpc) is 3.53. The Morgan fingerprint density at radius 2 is 0.860 bits per heavy atom. The lowest BCUT2D eigenvalue weighted by Gasteiger charge is -2.21. The van der Waals surface area contributed by atoms with Gasteiger partial charge in [-0.15, -0.1) is 0 Å². The van der Waals surface area contributed by atoms with E-state index in [1.807, 2.05) is 12.1 Å². The molecule has 2 nitrogen and oxygen atoms in total. The van der Waals surface area contributed by atoms with Gasteiger partial charge in [-0.1, -0.05) is 170 Å². The molecule has 50 heavy (non-hydrogen) atoms. The van der Waals surface area contributed by atoms with Crippen LogP contribution in [0.2, 0.25) is 0 Å². The summed E-state index contributed by atoms with van der Waals surface area (Å²) in [6.45, 7) is 0. The van der Waals surface area contributed by atoms with Crippen molar-refractivity contribution in [1.29, 1.82) is 0 Å². The molecule has 0 unspecified atom stereocenters. The smallest absolute Gasteiger partial charge is 0.160 e. The van der Waals surface area contributed by atoms with Gasteiger partial charge in [0.2, 0.25) is 0 Å². The molecular formula is C48H30N2. The van der Waals surface area contributed by atoms with Crippen molar-refractivity contribution in [2.45, 2.75) is 0 Å². The standard InChI is InChI=1S/C48H30N2/c1-4-14-31(15-5-1)41-30-40(44(34-16-6-2-7-17-34)46-39-24-13-21-33-20-12-23-38(43(33)39)45(41)46)32-26-28-36(29-27-32)48-49-42-25-11-10-22-37(42)47(50-48)35-18-8-3-9-19-35/h1-30H. The van der Waals surface area contributed by atoms with Crippen molar-refractivity contribution in [2.75, 3.05) is 0 Å². The van der Waals surface area contributed by atoms with Gasteiger partial charge < -0.3 is 0 Å². The Morgan fingerprint density at radius 3 is 1.56 bits per heavy atom. The molecule has 10 rings (SSSR count). The highest BCUT2D eigenvalue weighted by molar-refractivity contribution is 6.22. The highest BCUT2D eigenvalue weighted by Gasteiger charge is 2.30. The summed E-state index contributed by atoms with van der Waals surface area (Å²) in [5, 5.41) is 3.65. The van der Waals surface area contributed by atoms with E-state index in [4.69, 9.17) is 9.97 Å². The van der Waals surface area contributed by atoms with Crippen LogP contribution in [0.5, 0.6) is 0 Å². The topological polar surface area (TPSA) is 25.8 Å². The average molecular weight is 635 g/mol. The zero-order valence-electron chi connectivity index (χ0n) is 27.2. The van der Waals surface area contributed by atoms with Crippen molar-refractivity contribution in [2.24, 2.45) is 0 Å². The van der Waals surface area contributed by atoms with Crippen LogP contribution in [0.4, 0.5) is 0 Å². The van der Waals surface area contributed by atoms with Gasteiger partial charge in [0.15, 0.2) is 5.82 Å². The number of benzene rings is 8. The van der Waals surface area contributed by atoms with E-state index < -0.39 is 0 Å². The van der Waals surface area contributed by atoms with Gasteiger partial charge in [0.1, 0.15) is 0 Å². The maximum Gasteiger partial charge on any atom is 0.160 e. The van der Waals surface area contributed by atoms with Crippen molar-refractivity contribution in [1.82, 2.24) is 9.97 Å². The SMILES string of the molecule is c1ccc(-c2cc(-c3ccc(-c4nc(-c5ccccc5)c5ccccc5n4)cc3)c(-c3ccccc3)c3c2-c2cccc4cccc-3c24)cc1. The second-order valence-electron chi connectivity index (χ2n) is 12.9. The van der Waals surface area contributed by atoms with E-state index in [-0.39, 0.29) is 0 Å². The van der Waals surface area contributed by atoms with Gasteiger partial charge in [0.25, 0.3) is 0 Å².